The molecular weight excluding hydrogens is 338 g/mol. The fourth-order valence-corrected chi connectivity index (χ4v) is 3.12. The number of carbonyl (C=O) groups excluding carboxylic acids is 2. The van der Waals surface area contributed by atoms with Crippen LogP contribution in [0.2, 0.25) is 5.02 Å². The van der Waals surface area contributed by atoms with Crippen LogP contribution >= 0.6 is 11.6 Å². The molecule has 0 radical (unpaired) electrons. The molecule has 0 saturated heterocycles. The lowest BCUT2D eigenvalue weighted by molar-refractivity contribution is -0.119. The number of primary amides is 1. The van der Waals surface area contributed by atoms with E-state index in [0.29, 0.717) is 12.2 Å². The van der Waals surface area contributed by atoms with E-state index < -0.39 is 5.91 Å². The van der Waals surface area contributed by atoms with Gasteiger partial charge in [0.25, 0.3) is 0 Å². The molecule has 0 bridgehead atoms. The van der Waals surface area contributed by atoms with Crippen molar-refractivity contribution >= 4 is 29.1 Å². The van der Waals surface area contributed by atoms with Crippen LogP contribution < -0.4 is 16.4 Å². The highest BCUT2D eigenvalue weighted by molar-refractivity contribution is 6.34. The van der Waals surface area contributed by atoms with Crippen molar-refractivity contribution in [3.63, 3.8) is 0 Å². The minimum atomic E-state index is -0.579. The van der Waals surface area contributed by atoms with E-state index in [1.54, 1.807) is 18.2 Å². The van der Waals surface area contributed by atoms with Crippen LogP contribution in [0, 0.1) is 0 Å². The van der Waals surface area contributed by atoms with E-state index in [1.807, 2.05) is 18.2 Å². The number of hydrogen-bond donors (Lipinski definition) is 3. The maximum atomic E-state index is 12.1. The molecule has 6 heteroatoms. The van der Waals surface area contributed by atoms with E-state index >= 15 is 0 Å². The monoisotopic (exact) mass is 357 g/mol. The van der Waals surface area contributed by atoms with Crippen molar-refractivity contribution in [1.29, 1.82) is 0 Å². The topological polar surface area (TPSA) is 84.2 Å². The molecule has 0 aromatic heterocycles. The lowest BCUT2D eigenvalue weighted by atomic mass is 9.96. The van der Waals surface area contributed by atoms with Gasteiger partial charge in [0.2, 0.25) is 11.8 Å². The zero-order valence-electron chi connectivity index (χ0n) is 13.7. The van der Waals surface area contributed by atoms with Crippen LogP contribution in [-0.4, -0.2) is 24.9 Å². The molecule has 2 amide bonds. The quantitative estimate of drug-likeness (QED) is 0.712. The average Bonchev–Trinajstić information content (AvgIpc) is 3.40. The second kappa shape index (κ2) is 7.15. The Bertz CT molecular complexity index is 789. The summed E-state index contributed by atoms with van der Waals surface area (Å²) in [5.74, 6) is -0.665. The third kappa shape index (κ3) is 4.12. The molecule has 2 aromatic rings. The molecule has 1 fully saturated rings. The summed E-state index contributed by atoms with van der Waals surface area (Å²) in [7, 11) is 0. The summed E-state index contributed by atoms with van der Waals surface area (Å²) in [6.07, 6.45) is 2.18. The molecule has 25 heavy (non-hydrogen) atoms. The van der Waals surface area contributed by atoms with Gasteiger partial charge in [0, 0.05) is 17.6 Å². The normalized spacial score (nSPS) is 14.6. The molecule has 1 saturated carbocycles. The summed E-state index contributed by atoms with van der Waals surface area (Å²) in [6.45, 7) is 0.774. The summed E-state index contributed by atoms with van der Waals surface area (Å²) in [5, 5.41) is 6.25. The molecule has 0 heterocycles. The Kier molecular flexibility index (Phi) is 4.95. The molecule has 0 aliphatic heterocycles. The lowest BCUT2D eigenvalue weighted by Crippen LogP contribution is -2.35. The van der Waals surface area contributed by atoms with Crippen LogP contribution in [0.3, 0.4) is 0 Å². The summed E-state index contributed by atoms with van der Waals surface area (Å²) in [5.41, 5.74) is 7.50. The molecule has 0 atom stereocenters. The number of nitrogens with one attached hydrogen (secondary N) is 2. The Balaban J connectivity index is 1.51. The number of benzene rings is 2. The minimum Gasteiger partial charge on any atom is -0.376 e. The van der Waals surface area contributed by atoms with Gasteiger partial charge >= 0.3 is 0 Å². The fraction of sp³-hybridized carbons (Fsp3) is 0.263. The van der Waals surface area contributed by atoms with E-state index in [9.17, 15) is 9.59 Å². The highest BCUT2D eigenvalue weighted by Gasteiger charge is 2.44. The van der Waals surface area contributed by atoms with E-state index in [1.165, 1.54) is 5.56 Å². The molecule has 2 aromatic carbocycles. The first kappa shape index (κ1) is 17.3. The maximum Gasteiger partial charge on any atom is 0.250 e. The van der Waals surface area contributed by atoms with E-state index in [4.69, 9.17) is 17.3 Å². The van der Waals surface area contributed by atoms with Crippen molar-refractivity contribution in [3.05, 3.63) is 64.7 Å². The Morgan fingerprint density at radius 2 is 1.84 bits per heavy atom. The third-order valence-corrected chi connectivity index (χ3v) is 4.86. The summed E-state index contributed by atoms with van der Waals surface area (Å²) in [6, 6.07) is 15.1. The third-order valence-electron chi connectivity index (χ3n) is 4.55. The summed E-state index contributed by atoms with van der Waals surface area (Å²) in [4.78, 5) is 23.3. The van der Waals surface area contributed by atoms with Crippen LogP contribution in [0.5, 0.6) is 0 Å². The van der Waals surface area contributed by atoms with Crippen LogP contribution in [-0.2, 0) is 10.2 Å². The molecular formula is C19H20ClN3O2. The van der Waals surface area contributed by atoms with Gasteiger partial charge in [-0.15, -0.1) is 0 Å². The molecule has 1 aliphatic rings. The van der Waals surface area contributed by atoms with Crippen molar-refractivity contribution in [2.75, 3.05) is 18.4 Å². The Hall–Kier alpha value is -2.53. The van der Waals surface area contributed by atoms with Crippen LogP contribution in [0.4, 0.5) is 5.69 Å². The number of carbonyl (C=O) groups is 2. The lowest BCUT2D eigenvalue weighted by Gasteiger charge is -2.17. The van der Waals surface area contributed by atoms with E-state index in [-0.39, 0.29) is 28.5 Å². The minimum absolute atomic E-state index is 0.0858. The number of amides is 2. The number of anilines is 1. The van der Waals surface area contributed by atoms with Crippen LogP contribution in [0.15, 0.2) is 48.5 Å². The van der Waals surface area contributed by atoms with E-state index in [2.05, 4.69) is 22.8 Å². The number of rotatable bonds is 7. The van der Waals surface area contributed by atoms with Gasteiger partial charge in [-0.05, 0) is 36.6 Å². The van der Waals surface area contributed by atoms with Gasteiger partial charge in [0.05, 0.1) is 17.1 Å². The van der Waals surface area contributed by atoms with Gasteiger partial charge in [-0.3, -0.25) is 9.59 Å². The van der Waals surface area contributed by atoms with Gasteiger partial charge in [-0.25, -0.2) is 0 Å². The molecule has 5 nitrogen and oxygen atoms in total. The predicted molar refractivity (Wildman–Crippen MR) is 98.8 cm³/mol. The largest absolute Gasteiger partial charge is 0.376 e. The standard InChI is InChI=1S/C19H20ClN3O2/c20-16-10-14(6-7-15(16)18(21)25)22-11-17(24)23-12-19(8-9-19)13-4-2-1-3-5-13/h1-7,10,22H,8-9,11-12H2,(H2,21,25)(H,23,24). The van der Waals surface area contributed by atoms with Crippen molar-refractivity contribution in [2.24, 2.45) is 5.73 Å². The molecule has 1 aliphatic carbocycles. The SMILES string of the molecule is NC(=O)c1ccc(NCC(=O)NCC2(c3ccccc3)CC2)cc1Cl. The zero-order valence-corrected chi connectivity index (χ0v) is 14.5. The van der Waals surface area contributed by atoms with Crippen molar-refractivity contribution in [3.8, 4) is 0 Å². The molecule has 130 valence electrons. The first-order chi connectivity index (χ1) is 12.0. The predicted octanol–water partition coefficient (Wildman–Crippen LogP) is 2.70. The average molecular weight is 358 g/mol. The first-order valence-electron chi connectivity index (χ1n) is 8.16. The van der Waals surface area contributed by atoms with Gasteiger partial charge in [0.15, 0.2) is 0 Å². The maximum absolute atomic E-state index is 12.1. The highest BCUT2D eigenvalue weighted by atomic mass is 35.5. The Morgan fingerprint density at radius 1 is 1.12 bits per heavy atom. The Morgan fingerprint density at radius 3 is 2.44 bits per heavy atom. The molecule has 4 N–H and O–H groups in total. The number of hydrogen-bond acceptors (Lipinski definition) is 3. The van der Waals surface area contributed by atoms with Gasteiger partial charge in [-0.1, -0.05) is 41.9 Å². The van der Waals surface area contributed by atoms with Crippen LogP contribution in [0.25, 0.3) is 0 Å². The van der Waals surface area contributed by atoms with E-state index in [0.717, 1.165) is 12.8 Å². The number of nitrogens with two attached hydrogens (primary N) is 1. The van der Waals surface area contributed by atoms with Crippen molar-refractivity contribution in [1.82, 2.24) is 5.32 Å². The summed E-state index contributed by atoms with van der Waals surface area (Å²) >= 11 is 6.00. The molecule has 0 spiro atoms. The highest BCUT2D eigenvalue weighted by Crippen LogP contribution is 2.47. The van der Waals surface area contributed by atoms with Gasteiger partial charge in [-0.2, -0.15) is 0 Å². The number of halogens is 1. The summed E-state index contributed by atoms with van der Waals surface area (Å²) < 4.78 is 0. The van der Waals surface area contributed by atoms with Crippen molar-refractivity contribution in [2.45, 2.75) is 18.3 Å². The second-order valence-corrected chi connectivity index (χ2v) is 6.74. The fourth-order valence-electron chi connectivity index (χ4n) is 2.85. The Labute approximate surface area is 151 Å². The van der Waals surface area contributed by atoms with Gasteiger partial charge < -0.3 is 16.4 Å². The second-order valence-electron chi connectivity index (χ2n) is 6.34. The van der Waals surface area contributed by atoms with Crippen molar-refractivity contribution < 1.29 is 9.59 Å². The van der Waals surface area contributed by atoms with Gasteiger partial charge in [0.1, 0.15) is 0 Å². The molecule has 0 unspecified atom stereocenters. The van der Waals surface area contributed by atoms with Crippen LogP contribution in [0.1, 0.15) is 28.8 Å². The smallest absolute Gasteiger partial charge is 0.250 e. The zero-order chi connectivity index (χ0) is 17.9. The molecule has 3 rings (SSSR count). The first-order valence-corrected chi connectivity index (χ1v) is 8.53.